The lowest BCUT2D eigenvalue weighted by molar-refractivity contribution is 0.103. The summed E-state index contributed by atoms with van der Waals surface area (Å²) in [7, 11) is 0. The van der Waals surface area contributed by atoms with Crippen molar-refractivity contribution in [2.24, 2.45) is 0 Å². The zero-order chi connectivity index (χ0) is 14.7. The summed E-state index contributed by atoms with van der Waals surface area (Å²) in [5, 5.41) is 1.79. The van der Waals surface area contributed by atoms with Crippen molar-refractivity contribution in [3.63, 3.8) is 0 Å². The summed E-state index contributed by atoms with van der Waals surface area (Å²) in [6.07, 6.45) is 1.70. The number of carbonyl (C=O) groups is 1. The quantitative estimate of drug-likeness (QED) is 0.482. The Labute approximate surface area is 131 Å². The molecule has 3 aromatic rings. The normalized spacial score (nSPS) is 10.9. The van der Waals surface area contributed by atoms with Crippen molar-refractivity contribution >= 4 is 32.7 Å². The van der Waals surface area contributed by atoms with Gasteiger partial charge in [-0.3, -0.25) is 4.79 Å². The molecule has 0 saturated carbocycles. The predicted molar refractivity (Wildman–Crippen MR) is 88.2 cm³/mol. The molecule has 0 atom stereocenters. The standard InChI is InChI=1S/C18H15BrO2/c19-12-6-11-16-17(14-9-4-5-10-15(14)21-16)18(20)13-7-2-1-3-8-13/h1-5,7-10H,6,11-12H2. The Morgan fingerprint density at radius 3 is 2.48 bits per heavy atom. The molecular formula is C18H15BrO2. The Balaban J connectivity index is 2.12. The molecule has 1 aromatic heterocycles. The first-order chi connectivity index (χ1) is 10.3. The van der Waals surface area contributed by atoms with Gasteiger partial charge in [-0.1, -0.05) is 64.5 Å². The van der Waals surface area contributed by atoms with Crippen LogP contribution in [0.4, 0.5) is 0 Å². The summed E-state index contributed by atoms with van der Waals surface area (Å²) in [6.45, 7) is 0. The molecule has 106 valence electrons. The molecule has 0 saturated heterocycles. The van der Waals surface area contributed by atoms with Crippen LogP contribution in [0.1, 0.15) is 28.1 Å². The van der Waals surface area contributed by atoms with Crippen LogP contribution in [0.25, 0.3) is 11.0 Å². The maximum Gasteiger partial charge on any atom is 0.197 e. The van der Waals surface area contributed by atoms with Crippen LogP contribution in [0, 0.1) is 0 Å². The number of rotatable bonds is 5. The van der Waals surface area contributed by atoms with E-state index < -0.39 is 0 Å². The van der Waals surface area contributed by atoms with Gasteiger partial charge >= 0.3 is 0 Å². The van der Waals surface area contributed by atoms with E-state index in [0.717, 1.165) is 34.9 Å². The average Bonchev–Trinajstić information content (AvgIpc) is 2.91. The molecule has 3 rings (SSSR count). The van der Waals surface area contributed by atoms with Crippen molar-refractivity contribution in [3.05, 3.63) is 71.5 Å². The van der Waals surface area contributed by atoms with E-state index in [9.17, 15) is 4.79 Å². The van der Waals surface area contributed by atoms with Crippen molar-refractivity contribution in [2.45, 2.75) is 12.8 Å². The average molecular weight is 343 g/mol. The van der Waals surface area contributed by atoms with Crippen LogP contribution in [0.3, 0.4) is 0 Å². The summed E-state index contributed by atoms with van der Waals surface area (Å²) in [5.74, 6) is 0.814. The zero-order valence-corrected chi connectivity index (χ0v) is 13.1. The van der Waals surface area contributed by atoms with Gasteiger partial charge in [0.2, 0.25) is 0 Å². The second kappa shape index (κ2) is 6.27. The minimum Gasteiger partial charge on any atom is -0.460 e. The fourth-order valence-corrected chi connectivity index (χ4v) is 2.76. The Bertz CT molecular complexity index is 759. The van der Waals surface area contributed by atoms with Crippen molar-refractivity contribution in [1.29, 1.82) is 0 Å². The number of carbonyl (C=O) groups excluding carboxylic acids is 1. The molecule has 2 aromatic carbocycles. The van der Waals surface area contributed by atoms with E-state index in [-0.39, 0.29) is 5.78 Å². The molecule has 0 aliphatic heterocycles. The van der Waals surface area contributed by atoms with E-state index in [0.29, 0.717) is 11.1 Å². The van der Waals surface area contributed by atoms with Gasteiger partial charge in [0.1, 0.15) is 11.3 Å². The maximum atomic E-state index is 12.8. The summed E-state index contributed by atoms with van der Waals surface area (Å²) in [4.78, 5) is 12.8. The van der Waals surface area contributed by atoms with E-state index in [1.807, 2.05) is 54.6 Å². The van der Waals surface area contributed by atoms with Gasteiger partial charge in [0.25, 0.3) is 0 Å². The van der Waals surface area contributed by atoms with Gasteiger partial charge in [-0.25, -0.2) is 0 Å². The zero-order valence-electron chi connectivity index (χ0n) is 11.5. The largest absolute Gasteiger partial charge is 0.460 e. The van der Waals surface area contributed by atoms with E-state index in [2.05, 4.69) is 15.9 Å². The van der Waals surface area contributed by atoms with Crippen molar-refractivity contribution in [1.82, 2.24) is 0 Å². The Morgan fingerprint density at radius 2 is 1.71 bits per heavy atom. The van der Waals surface area contributed by atoms with E-state index in [4.69, 9.17) is 4.42 Å². The molecule has 0 aliphatic rings. The Morgan fingerprint density at radius 1 is 1.00 bits per heavy atom. The topological polar surface area (TPSA) is 30.2 Å². The second-order valence-corrected chi connectivity index (χ2v) is 5.68. The smallest absolute Gasteiger partial charge is 0.197 e. The van der Waals surface area contributed by atoms with Crippen LogP contribution in [0.15, 0.2) is 59.0 Å². The molecule has 0 unspecified atom stereocenters. The molecule has 3 heteroatoms. The van der Waals surface area contributed by atoms with Gasteiger partial charge in [-0.2, -0.15) is 0 Å². The lowest BCUT2D eigenvalue weighted by Crippen LogP contribution is -2.03. The molecule has 0 radical (unpaired) electrons. The molecule has 0 bridgehead atoms. The number of furan rings is 1. The summed E-state index contributed by atoms with van der Waals surface area (Å²) < 4.78 is 5.90. The van der Waals surface area contributed by atoms with Crippen LogP contribution in [0.5, 0.6) is 0 Å². The van der Waals surface area contributed by atoms with E-state index in [1.54, 1.807) is 0 Å². The SMILES string of the molecule is O=C(c1ccccc1)c1c(CCCBr)oc2ccccc12. The number of hydrogen-bond donors (Lipinski definition) is 0. The highest BCUT2D eigenvalue weighted by molar-refractivity contribution is 9.09. The highest BCUT2D eigenvalue weighted by atomic mass is 79.9. The van der Waals surface area contributed by atoms with E-state index >= 15 is 0 Å². The van der Waals surface area contributed by atoms with Crippen molar-refractivity contribution < 1.29 is 9.21 Å². The Kier molecular flexibility index (Phi) is 4.20. The third-order valence-corrected chi connectivity index (χ3v) is 4.03. The minimum atomic E-state index is 0.0325. The highest BCUT2D eigenvalue weighted by Crippen LogP contribution is 2.29. The van der Waals surface area contributed by atoms with Crippen LogP contribution in [0.2, 0.25) is 0 Å². The maximum absolute atomic E-state index is 12.8. The molecular weight excluding hydrogens is 328 g/mol. The van der Waals surface area contributed by atoms with Gasteiger partial charge in [0.05, 0.1) is 5.56 Å². The third-order valence-electron chi connectivity index (χ3n) is 3.47. The highest BCUT2D eigenvalue weighted by Gasteiger charge is 2.21. The number of para-hydroxylation sites is 1. The first-order valence-electron chi connectivity index (χ1n) is 6.97. The van der Waals surface area contributed by atoms with Crippen LogP contribution in [-0.4, -0.2) is 11.1 Å². The fraction of sp³-hybridized carbons (Fsp3) is 0.167. The lowest BCUT2D eigenvalue weighted by atomic mass is 9.99. The lowest BCUT2D eigenvalue weighted by Gasteiger charge is -2.02. The number of hydrogen-bond acceptors (Lipinski definition) is 2. The fourth-order valence-electron chi connectivity index (χ4n) is 2.48. The molecule has 1 heterocycles. The number of halogens is 1. The number of ketones is 1. The minimum absolute atomic E-state index is 0.0325. The van der Waals surface area contributed by atoms with Gasteiger partial charge in [-0.05, 0) is 12.5 Å². The van der Waals surface area contributed by atoms with Gasteiger partial charge < -0.3 is 4.42 Å². The van der Waals surface area contributed by atoms with Gasteiger partial charge in [0, 0.05) is 22.7 Å². The molecule has 0 spiro atoms. The van der Waals surface area contributed by atoms with Gasteiger partial charge in [-0.15, -0.1) is 0 Å². The molecule has 0 amide bonds. The molecule has 2 nitrogen and oxygen atoms in total. The number of benzene rings is 2. The van der Waals surface area contributed by atoms with Crippen LogP contribution in [-0.2, 0) is 6.42 Å². The summed E-state index contributed by atoms with van der Waals surface area (Å²) in [6, 6.07) is 17.1. The van der Waals surface area contributed by atoms with E-state index in [1.165, 1.54) is 0 Å². The monoisotopic (exact) mass is 342 g/mol. The molecule has 0 aliphatic carbocycles. The second-order valence-electron chi connectivity index (χ2n) is 4.88. The number of alkyl halides is 1. The summed E-state index contributed by atoms with van der Waals surface area (Å²) in [5.41, 5.74) is 2.18. The van der Waals surface area contributed by atoms with Crippen LogP contribution < -0.4 is 0 Å². The van der Waals surface area contributed by atoms with Crippen LogP contribution >= 0.6 is 15.9 Å². The molecule has 21 heavy (non-hydrogen) atoms. The first-order valence-corrected chi connectivity index (χ1v) is 8.09. The Hall–Kier alpha value is -1.87. The number of fused-ring (bicyclic) bond motifs is 1. The third kappa shape index (κ3) is 2.79. The van der Waals surface area contributed by atoms with Crippen molar-refractivity contribution in [2.75, 3.05) is 5.33 Å². The number of aryl methyl sites for hydroxylation is 1. The molecule has 0 N–H and O–H groups in total. The summed E-state index contributed by atoms with van der Waals surface area (Å²) >= 11 is 3.43. The van der Waals surface area contributed by atoms with Crippen molar-refractivity contribution in [3.8, 4) is 0 Å². The van der Waals surface area contributed by atoms with Gasteiger partial charge in [0.15, 0.2) is 5.78 Å². The molecule has 0 fully saturated rings. The first kappa shape index (κ1) is 14.1. The predicted octanol–water partition coefficient (Wildman–Crippen LogP) is 4.99.